The SMILES string of the molecule is C[C@H](NC(=O)[C@@](C)(N)NC(=O)CCC(O)[PH2]=O)C(=O)O. The molecule has 4 atom stereocenters. The Morgan fingerprint density at radius 2 is 1.95 bits per heavy atom. The molecule has 0 aromatic rings. The monoisotopic (exact) mass is 309 g/mol. The minimum Gasteiger partial charge on any atom is -0.480 e. The first kappa shape index (κ1) is 18.6. The second-order valence-electron chi connectivity index (χ2n) is 4.53. The number of amides is 2. The summed E-state index contributed by atoms with van der Waals surface area (Å²) >= 11 is 0. The molecule has 0 aromatic carbocycles. The summed E-state index contributed by atoms with van der Waals surface area (Å²) in [6, 6.07) is -1.15. The van der Waals surface area contributed by atoms with Crippen molar-refractivity contribution in [3.8, 4) is 0 Å². The van der Waals surface area contributed by atoms with Crippen molar-refractivity contribution in [3.05, 3.63) is 0 Å². The molecule has 116 valence electrons. The molecular weight excluding hydrogens is 289 g/mol. The molecule has 0 aliphatic heterocycles. The standard InChI is InChI=1S/C10H20N3O6P/c1-5(8(16)17)12-9(18)10(2,11)13-6(14)3-4-7(15)20-19/h5,7,15H,3-4,11,20H2,1-2H3,(H,12,18)(H,13,14)(H,16,17)/t5-,7?,10-/m0/s1. The molecule has 0 aliphatic carbocycles. The Kier molecular flexibility index (Phi) is 7.41. The van der Waals surface area contributed by atoms with Crippen molar-refractivity contribution in [2.24, 2.45) is 5.73 Å². The number of carbonyl (C=O) groups excluding carboxylic acids is 2. The molecule has 0 bridgehead atoms. The smallest absolute Gasteiger partial charge is 0.325 e. The average Bonchev–Trinajstić information content (AvgIpc) is 2.34. The number of carboxylic acid groups (broad SMARTS) is 1. The number of hydrogen-bond donors (Lipinski definition) is 5. The van der Waals surface area contributed by atoms with Gasteiger partial charge in [0, 0.05) is 6.42 Å². The van der Waals surface area contributed by atoms with Gasteiger partial charge in [-0.3, -0.25) is 14.4 Å². The quantitative estimate of drug-likeness (QED) is 0.262. The Bertz CT molecular complexity index is 400. The van der Waals surface area contributed by atoms with Crippen molar-refractivity contribution in [1.82, 2.24) is 10.6 Å². The van der Waals surface area contributed by atoms with Crippen LogP contribution in [-0.2, 0) is 18.9 Å². The molecule has 0 saturated heterocycles. The lowest BCUT2D eigenvalue weighted by atomic mass is 10.1. The van der Waals surface area contributed by atoms with E-state index in [0.29, 0.717) is 0 Å². The summed E-state index contributed by atoms with van der Waals surface area (Å²) in [6.07, 6.45) is -0.154. The molecule has 0 heterocycles. The highest BCUT2D eigenvalue weighted by molar-refractivity contribution is 7.24. The third-order valence-corrected chi connectivity index (χ3v) is 3.06. The number of nitrogens with two attached hydrogens (primary N) is 1. The summed E-state index contributed by atoms with van der Waals surface area (Å²) in [5, 5.41) is 22.1. The molecule has 0 aromatic heterocycles. The first-order chi connectivity index (χ1) is 9.10. The van der Waals surface area contributed by atoms with Gasteiger partial charge in [0.05, 0.1) is 8.46 Å². The second-order valence-corrected chi connectivity index (χ2v) is 5.57. The van der Waals surface area contributed by atoms with E-state index in [1.807, 2.05) is 0 Å². The van der Waals surface area contributed by atoms with E-state index < -0.39 is 43.8 Å². The fourth-order valence-electron chi connectivity index (χ4n) is 1.16. The fourth-order valence-corrected chi connectivity index (χ4v) is 1.47. The molecule has 20 heavy (non-hydrogen) atoms. The van der Waals surface area contributed by atoms with Gasteiger partial charge >= 0.3 is 5.97 Å². The molecule has 9 nitrogen and oxygen atoms in total. The van der Waals surface area contributed by atoms with Crippen LogP contribution < -0.4 is 16.4 Å². The second kappa shape index (κ2) is 7.98. The zero-order valence-electron chi connectivity index (χ0n) is 11.3. The third-order valence-electron chi connectivity index (χ3n) is 2.41. The van der Waals surface area contributed by atoms with Crippen LogP contribution in [0.15, 0.2) is 0 Å². The number of rotatable bonds is 8. The van der Waals surface area contributed by atoms with E-state index in [-0.39, 0.29) is 12.8 Å². The lowest BCUT2D eigenvalue weighted by Gasteiger charge is -2.26. The van der Waals surface area contributed by atoms with E-state index in [9.17, 15) is 18.9 Å². The maximum absolute atomic E-state index is 11.7. The van der Waals surface area contributed by atoms with Crippen LogP contribution in [0.5, 0.6) is 0 Å². The molecule has 0 fully saturated rings. The van der Waals surface area contributed by atoms with Crippen LogP contribution >= 0.6 is 8.46 Å². The van der Waals surface area contributed by atoms with Crippen LogP contribution in [-0.4, -0.2) is 45.5 Å². The molecule has 2 amide bonds. The van der Waals surface area contributed by atoms with Crippen LogP contribution in [0.3, 0.4) is 0 Å². The largest absolute Gasteiger partial charge is 0.480 e. The summed E-state index contributed by atoms with van der Waals surface area (Å²) in [5.41, 5.74) is 3.81. The van der Waals surface area contributed by atoms with Crippen molar-refractivity contribution >= 4 is 26.2 Å². The molecule has 0 spiro atoms. The topological polar surface area (TPSA) is 159 Å². The fraction of sp³-hybridized carbons (Fsp3) is 0.700. The van der Waals surface area contributed by atoms with Gasteiger partial charge in [0.1, 0.15) is 11.9 Å². The van der Waals surface area contributed by atoms with Gasteiger partial charge in [0.2, 0.25) is 5.91 Å². The summed E-state index contributed by atoms with van der Waals surface area (Å²) in [5.74, 6) is -3.75. The summed E-state index contributed by atoms with van der Waals surface area (Å²) in [7, 11) is -1.39. The Morgan fingerprint density at radius 3 is 2.40 bits per heavy atom. The normalized spacial score (nSPS) is 17.2. The maximum Gasteiger partial charge on any atom is 0.325 e. The molecule has 0 saturated carbocycles. The molecule has 2 unspecified atom stereocenters. The zero-order valence-corrected chi connectivity index (χ0v) is 12.4. The number of hydrogen-bond acceptors (Lipinski definition) is 6. The number of nitrogens with one attached hydrogen (secondary N) is 2. The number of aliphatic hydroxyl groups is 1. The van der Waals surface area contributed by atoms with Crippen molar-refractivity contribution in [1.29, 1.82) is 0 Å². The van der Waals surface area contributed by atoms with Gasteiger partial charge in [0.25, 0.3) is 5.91 Å². The summed E-state index contributed by atoms with van der Waals surface area (Å²) < 4.78 is 10.4. The summed E-state index contributed by atoms with van der Waals surface area (Å²) in [4.78, 5) is 33.8. The van der Waals surface area contributed by atoms with Crippen molar-refractivity contribution < 1.29 is 29.2 Å². The van der Waals surface area contributed by atoms with E-state index in [0.717, 1.165) is 0 Å². The molecule has 10 heteroatoms. The van der Waals surface area contributed by atoms with Crippen molar-refractivity contribution in [2.45, 2.75) is 44.2 Å². The molecule has 0 rings (SSSR count). The minimum absolute atomic E-state index is 0.00606. The van der Waals surface area contributed by atoms with E-state index in [4.69, 9.17) is 15.9 Å². The zero-order chi connectivity index (χ0) is 15.9. The first-order valence-corrected chi connectivity index (χ1v) is 7.01. The van der Waals surface area contributed by atoms with E-state index in [1.54, 1.807) is 0 Å². The highest BCUT2D eigenvalue weighted by Gasteiger charge is 2.32. The highest BCUT2D eigenvalue weighted by atomic mass is 31.1. The van der Waals surface area contributed by atoms with Gasteiger partial charge in [-0.15, -0.1) is 0 Å². The van der Waals surface area contributed by atoms with E-state index in [2.05, 4.69) is 10.6 Å². The Hall–Kier alpha value is -1.44. The third kappa shape index (κ3) is 6.65. The number of carbonyl (C=O) groups is 3. The number of aliphatic hydroxyl groups excluding tert-OH is 1. The van der Waals surface area contributed by atoms with Gasteiger partial charge in [-0.05, 0) is 20.3 Å². The Balaban J connectivity index is 4.42. The van der Waals surface area contributed by atoms with Crippen molar-refractivity contribution in [2.75, 3.05) is 0 Å². The van der Waals surface area contributed by atoms with Crippen molar-refractivity contribution in [3.63, 3.8) is 0 Å². The maximum atomic E-state index is 11.7. The van der Waals surface area contributed by atoms with Gasteiger partial charge < -0.3 is 31.1 Å². The van der Waals surface area contributed by atoms with Gasteiger partial charge in [-0.25, -0.2) is 0 Å². The van der Waals surface area contributed by atoms with Crippen LogP contribution in [0.2, 0.25) is 0 Å². The van der Waals surface area contributed by atoms with Crippen LogP contribution in [0.4, 0.5) is 0 Å². The Morgan fingerprint density at radius 1 is 1.40 bits per heavy atom. The highest BCUT2D eigenvalue weighted by Crippen LogP contribution is 2.09. The number of carboxylic acids is 1. The first-order valence-electron chi connectivity index (χ1n) is 5.87. The minimum atomic E-state index is -1.78. The molecule has 0 aliphatic rings. The predicted octanol–water partition coefficient (Wildman–Crippen LogP) is -1.78. The van der Waals surface area contributed by atoms with E-state index in [1.165, 1.54) is 13.8 Å². The van der Waals surface area contributed by atoms with Crippen LogP contribution in [0.25, 0.3) is 0 Å². The summed E-state index contributed by atoms with van der Waals surface area (Å²) in [6.45, 7) is 2.47. The predicted molar refractivity (Wildman–Crippen MR) is 71.6 cm³/mol. The lowest BCUT2D eigenvalue weighted by molar-refractivity contribution is -0.142. The molecule has 6 N–H and O–H groups in total. The molecule has 0 radical (unpaired) electrons. The van der Waals surface area contributed by atoms with Gasteiger partial charge in [0.15, 0.2) is 5.66 Å². The van der Waals surface area contributed by atoms with E-state index >= 15 is 0 Å². The Labute approximate surface area is 117 Å². The lowest BCUT2D eigenvalue weighted by Crippen LogP contribution is -2.64. The number of aliphatic carboxylic acids is 1. The molecular formula is C10H20N3O6P. The van der Waals surface area contributed by atoms with Gasteiger partial charge in [-0.1, -0.05) is 0 Å². The van der Waals surface area contributed by atoms with Gasteiger partial charge in [-0.2, -0.15) is 0 Å². The average molecular weight is 309 g/mol. The van der Waals surface area contributed by atoms with Crippen LogP contribution in [0, 0.1) is 0 Å². The van der Waals surface area contributed by atoms with Crippen LogP contribution in [0.1, 0.15) is 26.7 Å².